The number of ether oxygens (including phenoxy) is 2. The number of Topliss-reactive ketones (excluding diaryl/α,β-unsaturated/α-hetero) is 1. The number of amides is 2. The van der Waals surface area contributed by atoms with Crippen molar-refractivity contribution >= 4 is 29.5 Å². The molecule has 1 fully saturated rings. The average molecular weight is 527 g/mol. The van der Waals surface area contributed by atoms with Crippen LogP contribution < -0.4 is 4.74 Å². The summed E-state index contributed by atoms with van der Waals surface area (Å²) in [6.07, 6.45) is 1.27. The van der Waals surface area contributed by atoms with E-state index in [4.69, 9.17) is 9.47 Å². The molecule has 0 aliphatic carbocycles. The molecule has 3 rings (SSSR count). The van der Waals surface area contributed by atoms with Crippen molar-refractivity contribution in [2.45, 2.75) is 64.1 Å². The molecule has 2 unspecified atom stereocenters. The van der Waals surface area contributed by atoms with Crippen LogP contribution in [0.5, 0.6) is 5.75 Å². The number of thioether (sulfide) groups is 1. The van der Waals surface area contributed by atoms with Crippen LogP contribution in [0.1, 0.15) is 60.7 Å². The minimum absolute atomic E-state index is 0.0306. The SMILES string of the molecule is CSc1ccc(C(=O)C2CN(C(=O)OC(C)C)CC2c2cc(C)c(OC(C)(C)C(=O)N=O)c(C)c2)cc1. The predicted octanol–water partition coefficient (Wildman–Crippen LogP) is 5.92. The predicted molar refractivity (Wildman–Crippen MR) is 143 cm³/mol. The smallest absolute Gasteiger partial charge is 0.410 e. The molecule has 1 aliphatic heterocycles. The monoisotopic (exact) mass is 526 g/mol. The molecule has 2 aromatic rings. The third-order valence-electron chi connectivity index (χ3n) is 6.49. The lowest BCUT2D eigenvalue weighted by atomic mass is 9.82. The molecule has 0 bridgehead atoms. The van der Waals surface area contributed by atoms with Gasteiger partial charge >= 0.3 is 12.0 Å². The summed E-state index contributed by atoms with van der Waals surface area (Å²) in [5.74, 6) is -1.16. The molecule has 0 N–H and O–H groups in total. The molecule has 0 aromatic heterocycles. The van der Waals surface area contributed by atoms with Crippen molar-refractivity contribution in [3.05, 3.63) is 63.6 Å². The fourth-order valence-corrected chi connectivity index (χ4v) is 4.98. The van der Waals surface area contributed by atoms with Crippen LogP contribution in [-0.2, 0) is 9.53 Å². The number of carbonyl (C=O) groups excluding carboxylic acids is 3. The molecule has 198 valence electrons. The van der Waals surface area contributed by atoms with Crippen LogP contribution in [0.3, 0.4) is 0 Å². The molecule has 1 heterocycles. The van der Waals surface area contributed by atoms with Gasteiger partial charge in [-0.3, -0.25) is 9.59 Å². The van der Waals surface area contributed by atoms with Gasteiger partial charge in [-0.15, -0.1) is 16.7 Å². The maximum atomic E-state index is 13.7. The number of rotatable bonds is 8. The van der Waals surface area contributed by atoms with Gasteiger partial charge in [0.15, 0.2) is 11.4 Å². The van der Waals surface area contributed by atoms with Gasteiger partial charge < -0.3 is 14.4 Å². The van der Waals surface area contributed by atoms with Crippen LogP contribution >= 0.6 is 11.8 Å². The second kappa shape index (κ2) is 11.5. The fourth-order valence-electron chi connectivity index (χ4n) is 4.57. The number of carbonyl (C=O) groups is 3. The molecule has 0 spiro atoms. The van der Waals surface area contributed by atoms with E-state index in [2.05, 4.69) is 5.18 Å². The molecular weight excluding hydrogens is 492 g/mol. The van der Waals surface area contributed by atoms with Crippen molar-refractivity contribution in [3.63, 3.8) is 0 Å². The highest BCUT2D eigenvalue weighted by atomic mass is 32.2. The van der Waals surface area contributed by atoms with Gasteiger partial charge in [0, 0.05) is 40.6 Å². The molecule has 0 saturated carbocycles. The maximum absolute atomic E-state index is 13.7. The highest BCUT2D eigenvalue weighted by molar-refractivity contribution is 7.98. The number of aryl methyl sites for hydroxylation is 2. The number of nitrogens with zero attached hydrogens (tertiary/aromatic N) is 2. The minimum Gasteiger partial charge on any atom is -0.477 e. The van der Waals surface area contributed by atoms with Crippen LogP contribution in [0.15, 0.2) is 46.5 Å². The largest absolute Gasteiger partial charge is 0.477 e. The third kappa shape index (κ3) is 6.39. The first-order chi connectivity index (χ1) is 17.4. The molecule has 8 nitrogen and oxygen atoms in total. The van der Waals surface area contributed by atoms with E-state index in [9.17, 15) is 19.3 Å². The Morgan fingerprint density at radius 1 is 1.05 bits per heavy atom. The van der Waals surface area contributed by atoms with Gasteiger partial charge in [-0.25, -0.2) is 4.79 Å². The van der Waals surface area contributed by atoms with Crippen molar-refractivity contribution < 1.29 is 23.9 Å². The summed E-state index contributed by atoms with van der Waals surface area (Å²) in [7, 11) is 0. The lowest BCUT2D eigenvalue weighted by Gasteiger charge is -2.26. The van der Waals surface area contributed by atoms with Crippen LogP contribution in [0.25, 0.3) is 0 Å². The van der Waals surface area contributed by atoms with Crippen molar-refractivity contribution in [1.82, 2.24) is 4.90 Å². The first-order valence-electron chi connectivity index (χ1n) is 12.2. The van der Waals surface area contributed by atoms with Crippen molar-refractivity contribution in [2.75, 3.05) is 19.3 Å². The Kier molecular flexibility index (Phi) is 8.79. The Morgan fingerprint density at radius 3 is 2.16 bits per heavy atom. The first kappa shape index (κ1) is 28.4. The molecule has 1 saturated heterocycles. The van der Waals surface area contributed by atoms with Gasteiger partial charge in [-0.05, 0) is 76.6 Å². The first-order valence-corrected chi connectivity index (χ1v) is 13.4. The third-order valence-corrected chi connectivity index (χ3v) is 7.24. The zero-order valence-corrected chi connectivity index (χ0v) is 23.2. The summed E-state index contributed by atoms with van der Waals surface area (Å²) in [6, 6.07) is 11.3. The molecule has 2 atom stereocenters. The van der Waals surface area contributed by atoms with Crippen molar-refractivity contribution in [2.24, 2.45) is 11.1 Å². The Labute approximate surface area is 222 Å². The van der Waals surface area contributed by atoms with E-state index in [-0.39, 0.29) is 24.3 Å². The van der Waals surface area contributed by atoms with E-state index in [0.717, 1.165) is 21.6 Å². The van der Waals surface area contributed by atoms with Crippen molar-refractivity contribution in [3.8, 4) is 5.75 Å². The summed E-state index contributed by atoms with van der Waals surface area (Å²) in [5.41, 5.74) is 1.58. The number of hydrogen-bond donors (Lipinski definition) is 0. The number of likely N-dealkylation sites (tertiary alicyclic amines) is 1. The van der Waals surface area contributed by atoms with E-state index >= 15 is 0 Å². The summed E-state index contributed by atoms with van der Waals surface area (Å²) >= 11 is 1.60. The van der Waals surface area contributed by atoms with E-state index in [0.29, 0.717) is 17.9 Å². The van der Waals surface area contributed by atoms with Crippen LogP contribution in [0.2, 0.25) is 0 Å². The molecule has 1 aliphatic rings. The van der Waals surface area contributed by atoms with Gasteiger partial charge in [-0.1, -0.05) is 24.3 Å². The van der Waals surface area contributed by atoms with Gasteiger partial charge in [0.1, 0.15) is 5.75 Å². The normalized spacial score (nSPS) is 17.6. The molecule has 2 aromatic carbocycles. The molecule has 9 heteroatoms. The molecule has 37 heavy (non-hydrogen) atoms. The summed E-state index contributed by atoms with van der Waals surface area (Å²) in [4.78, 5) is 51.8. The maximum Gasteiger partial charge on any atom is 0.410 e. The van der Waals surface area contributed by atoms with Gasteiger partial charge in [0.05, 0.1) is 6.10 Å². The Hall–Kier alpha value is -3.20. The van der Waals surface area contributed by atoms with Gasteiger partial charge in [-0.2, -0.15) is 0 Å². The fraction of sp³-hybridized carbons (Fsp3) is 0.464. The van der Waals surface area contributed by atoms with Crippen LogP contribution in [-0.4, -0.2) is 53.7 Å². The number of benzene rings is 2. The van der Waals surface area contributed by atoms with Gasteiger partial charge in [0.2, 0.25) is 0 Å². The number of nitroso groups, excluding NO2 is 1. The van der Waals surface area contributed by atoms with Crippen molar-refractivity contribution in [1.29, 1.82) is 0 Å². The highest BCUT2D eigenvalue weighted by Gasteiger charge is 2.42. The Balaban J connectivity index is 1.97. The molecular formula is C28H34N2O6S. The lowest BCUT2D eigenvalue weighted by Crippen LogP contribution is -2.37. The quantitative estimate of drug-likeness (QED) is 0.239. The van der Waals surface area contributed by atoms with Crippen LogP contribution in [0, 0.1) is 24.7 Å². The van der Waals surface area contributed by atoms with E-state index in [1.807, 2.05) is 56.5 Å². The van der Waals surface area contributed by atoms with Gasteiger partial charge in [0.25, 0.3) is 0 Å². The molecule has 0 radical (unpaired) electrons. The van der Waals surface area contributed by atoms with E-state index in [1.54, 1.807) is 30.5 Å². The molecule has 2 amide bonds. The minimum atomic E-state index is -1.41. The lowest BCUT2D eigenvalue weighted by molar-refractivity contribution is -0.130. The van der Waals surface area contributed by atoms with Crippen LogP contribution in [0.4, 0.5) is 4.79 Å². The second-order valence-electron chi connectivity index (χ2n) is 10.1. The highest BCUT2D eigenvalue weighted by Crippen LogP contribution is 2.39. The summed E-state index contributed by atoms with van der Waals surface area (Å²) in [6.45, 7) is 10.9. The summed E-state index contributed by atoms with van der Waals surface area (Å²) < 4.78 is 11.3. The topological polar surface area (TPSA) is 102 Å². The Morgan fingerprint density at radius 2 is 1.65 bits per heavy atom. The van der Waals surface area contributed by atoms with E-state index < -0.39 is 23.5 Å². The average Bonchev–Trinajstić information content (AvgIpc) is 3.30. The zero-order chi connectivity index (χ0) is 27.5. The summed E-state index contributed by atoms with van der Waals surface area (Å²) in [5, 5.41) is 2.51. The standard InChI is InChI=1S/C28H34N2O6S/c1-16(2)35-27(33)30-14-22(23(15-30)24(31)19-8-10-21(37-7)11-9-19)20-12-17(3)25(18(4)13-20)36-28(5,6)26(32)29-34/h8-13,16,22-23H,14-15H2,1-7H3. The van der Waals surface area contributed by atoms with E-state index in [1.165, 1.54) is 13.8 Å². The Bertz CT molecular complexity index is 1170. The number of hydrogen-bond acceptors (Lipinski definition) is 7. The second-order valence-corrected chi connectivity index (χ2v) is 11.0. The number of ketones is 1. The zero-order valence-electron chi connectivity index (χ0n) is 22.4.